The van der Waals surface area contributed by atoms with Gasteiger partial charge in [-0.25, -0.2) is 4.98 Å². The molecule has 1 atom stereocenters. The van der Waals surface area contributed by atoms with Crippen molar-refractivity contribution in [2.24, 2.45) is 0 Å². The Morgan fingerprint density at radius 3 is 3.04 bits per heavy atom. The highest BCUT2D eigenvalue weighted by Gasteiger charge is 2.33. The van der Waals surface area contributed by atoms with Crippen LogP contribution in [0, 0.1) is 0 Å². The normalized spacial score (nSPS) is 16.7. The van der Waals surface area contributed by atoms with Crippen molar-refractivity contribution in [2.45, 2.75) is 31.8 Å². The van der Waals surface area contributed by atoms with E-state index >= 15 is 0 Å². The number of nitrogens with zero attached hydrogens (tertiary/aromatic N) is 2. The summed E-state index contributed by atoms with van der Waals surface area (Å²) in [5, 5.41) is 4.87. The van der Waals surface area contributed by atoms with Gasteiger partial charge in [0.25, 0.3) is 0 Å². The molecule has 1 aliphatic rings. The summed E-state index contributed by atoms with van der Waals surface area (Å²) in [4.78, 5) is 31.9. The molecule has 0 bridgehead atoms. The van der Waals surface area contributed by atoms with Gasteiger partial charge in [-0.1, -0.05) is 12.1 Å². The third-order valence-electron chi connectivity index (χ3n) is 4.28. The number of ether oxygens (including phenoxy) is 1. The first kappa shape index (κ1) is 17.4. The second-order valence-corrected chi connectivity index (χ2v) is 6.92. The number of hydrogen-bond acceptors (Lipinski definition) is 5. The van der Waals surface area contributed by atoms with Crippen molar-refractivity contribution in [1.82, 2.24) is 15.2 Å². The number of nitrogens with one attached hydrogen (secondary N) is 1. The number of amides is 2. The molecule has 0 aliphatic carbocycles. The van der Waals surface area contributed by atoms with Crippen LogP contribution in [0.4, 0.5) is 0 Å². The number of aromatic nitrogens is 1. The fraction of sp³-hybridized carbons (Fsp3) is 0.389. The molecule has 0 aromatic carbocycles. The van der Waals surface area contributed by atoms with Gasteiger partial charge in [0.2, 0.25) is 17.7 Å². The first-order chi connectivity index (χ1) is 12.2. The lowest BCUT2D eigenvalue weighted by Gasteiger charge is -2.24. The van der Waals surface area contributed by atoms with E-state index in [1.165, 1.54) is 0 Å². The van der Waals surface area contributed by atoms with Crippen LogP contribution < -0.4 is 10.1 Å². The Labute approximate surface area is 150 Å². The van der Waals surface area contributed by atoms with E-state index in [4.69, 9.17) is 4.74 Å². The average molecular weight is 359 g/mol. The van der Waals surface area contributed by atoms with E-state index in [-0.39, 0.29) is 11.8 Å². The molecule has 6 nitrogen and oxygen atoms in total. The van der Waals surface area contributed by atoms with Gasteiger partial charge in [0, 0.05) is 29.7 Å². The minimum Gasteiger partial charge on any atom is -0.481 e. The maximum absolute atomic E-state index is 12.6. The second kappa shape index (κ2) is 8.11. The van der Waals surface area contributed by atoms with E-state index in [2.05, 4.69) is 10.3 Å². The lowest BCUT2D eigenvalue weighted by molar-refractivity contribution is -0.138. The number of methoxy groups -OCH3 is 1. The molecule has 1 saturated heterocycles. The molecule has 0 spiro atoms. The third-order valence-corrected chi connectivity index (χ3v) is 5.15. The Morgan fingerprint density at radius 2 is 2.28 bits per heavy atom. The number of thiophene rings is 1. The molecule has 0 saturated carbocycles. The summed E-state index contributed by atoms with van der Waals surface area (Å²) in [6.07, 6.45) is 3.56. The largest absolute Gasteiger partial charge is 0.481 e. The molecule has 0 radical (unpaired) electrons. The van der Waals surface area contributed by atoms with E-state index in [9.17, 15) is 9.59 Å². The van der Waals surface area contributed by atoms with Gasteiger partial charge in [-0.15, -0.1) is 11.3 Å². The van der Waals surface area contributed by atoms with E-state index < -0.39 is 6.04 Å². The Bertz CT molecular complexity index is 733. The molecular weight excluding hydrogens is 338 g/mol. The molecule has 1 N–H and O–H groups in total. The number of rotatable bonds is 6. The molecule has 1 fully saturated rings. The summed E-state index contributed by atoms with van der Waals surface area (Å²) in [6.45, 7) is 0.970. The molecule has 132 valence electrons. The van der Waals surface area contributed by atoms with Crippen LogP contribution in [0.25, 0.3) is 0 Å². The van der Waals surface area contributed by atoms with Gasteiger partial charge in [0.05, 0.1) is 13.5 Å². The van der Waals surface area contributed by atoms with E-state index in [0.717, 1.165) is 16.9 Å². The highest BCUT2D eigenvalue weighted by atomic mass is 32.1. The standard InChI is InChI=1S/C18H21N3O3S/c1-24-18-13(5-2-8-19-18)12-20-17(23)15-7-3-9-21(15)16(22)11-14-6-4-10-25-14/h2,4-6,8,10,15H,3,7,9,11-12H2,1H3,(H,20,23). The first-order valence-electron chi connectivity index (χ1n) is 8.26. The number of hydrogen-bond donors (Lipinski definition) is 1. The van der Waals surface area contributed by atoms with Crippen molar-refractivity contribution in [3.8, 4) is 5.88 Å². The fourth-order valence-electron chi connectivity index (χ4n) is 3.04. The maximum atomic E-state index is 12.6. The minimum absolute atomic E-state index is 0.0130. The first-order valence-corrected chi connectivity index (χ1v) is 9.14. The zero-order valence-corrected chi connectivity index (χ0v) is 14.9. The van der Waals surface area contributed by atoms with Gasteiger partial charge in [-0.3, -0.25) is 9.59 Å². The van der Waals surface area contributed by atoms with Crippen LogP contribution in [0.3, 0.4) is 0 Å². The molecule has 1 aliphatic heterocycles. The molecule has 2 aromatic heterocycles. The van der Waals surface area contributed by atoms with Gasteiger partial charge in [0.1, 0.15) is 6.04 Å². The van der Waals surface area contributed by atoms with Crippen molar-refractivity contribution in [3.05, 3.63) is 46.3 Å². The van der Waals surface area contributed by atoms with Crippen LogP contribution in [0.1, 0.15) is 23.3 Å². The summed E-state index contributed by atoms with van der Waals surface area (Å²) in [6, 6.07) is 7.15. The predicted molar refractivity (Wildman–Crippen MR) is 95.4 cm³/mol. The van der Waals surface area contributed by atoms with Gasteiger partial charge >= 0.3 is 0 Å². The van der Waals surface area contributed by atoms with Crippen LogP contribution in [0.5, 0.6) is 5.88 Å². The van der Waals surface area contributed by atoms with Gasteiger partial charge < -0.3 is 15.0 Å². The van der Waals surface area contributed by atoms with E-state index in [0.29, 0.717) is 31.8 Å². The lowest BCUT2D eigenvalue weighted by atomic mass is 10.2. The third kappa shape index (κ3) is 4.17. The average Bonchev–Trinajstić information content (AvgIpc) is 3.31. The maximum Gasteiger partial charge on any atom is 0.243 e. The molecular formula is C18H21N3O3S. The van der Waals surface area contributed by atoms with Gasteiger partial charge in [-0.2, -0.15) is 0 Å². The number of likely N-dealkylation sites (tertiary alicyclic amines) is 1. The zero-order valence-electron chi connectivity index (χ0n) is 14.1. The van der Waals surface area contributed by atoms with Crippen LogP contribution >= 0.6 is 11.3 Å². The summed E-state index contributed by atoms with van der Waals surface area (Å²) in [5.74, 6) is 0.391. The van der Waals surface area contributed by atoms with Gasteiger partial charge in [0.15, 0.2) is 0 Å². The van der Waals surface area contributed by atoms with Crippen LogP contribution in [-0.2, 0) is 22.6 Å². The monoisotopic (exact) mass is 359 g/mol. The predicted octanol–water partition coefficient (Wildman–Crippen LogP) is 2.00. The minimum atomic E-state index is -0.393. The molecule has 2 amide bonds. The van der Waals surface area contributed by atoms with Crippen LogP contribution in [0.2, 0.25) is 0 Å². The topological polar surface area (TPSA) is 71.5 Å². The fourth-order valence-corrected chi connectivity index (χ4v) is 3.74. The molecule has 2 aromatic rings. The zero-order chi connectivity index (χ0) is 17.6. The summed E-state index contributed by atoms with van der Waals surface area (Å²) < 4.78 is 5.20. The Kier molecular flexibility index (Phi) is 5.65. The highest BCUT2D eigenvalue weighted by molar-refractivity contribution is 7.10. The summed E-state index contributed by atoms with van der Waals surface area (Å²) in [5.41, 5.74) is 0.813. The Balaban J connectivity index is 1.59. The molecule has 7 heteroatoms. The van der Waals surface area contributed by atoms with Crippen molar-refractivity contribution in [3.63, 3.8) is 0 Å². The summed E-state index contributed by atoms with van der Waals surface area (Å²) in [7, 11) is 1.55. The van der Waals surface area contributed by atoms with Crippen molar-refractivity contribution in [1.29, 1.82) is 0 Å². The van der Waals surface area contributed by atoms with Crippen molar-refractivity contribution < 1.29 is 14.3 Å². The summed E-state index contributed by atoms with van der Waals surface area (Å²) >= 11 is 1.56. The Morgan fingerprint density at radius 1 is 1.40 bits per heavy atom. The number of pyridine rings is 1. The van der Waals surface area contributed by atoms with Crippen LogP contribution in [-0.4, -0.2) is 41.4 Å². The Hall–Kier alpha value is -2.41. The highest BCUT2D eigenvalue weighted by Crippen LogP contribution is 2.21. The number of carbonyl (C=O) groups excluding carboxylic acids is 2. The second-order valence-electron chi connectivity index (χ2n) is 5.89. The van der Waals surface area contributed by atoms with Crippen molar-refractivity contribution >= 4 is 23.2 Å². The number of carbonyl (C=O) groups is 2. The quantitative estimate of drug-likeness (QED) is 0.856. The molecule has 3 heterocycles. The smallest absolute Gasteiger partial charge is 0.243 e. The van der Waals surface area contributed by atoms with Crippen LogP contribution in [0.15, 0.2) is 35.8 Å². The molecule has 3 rings (SSSR count). The molecule has 25 heavy (non-hydrogen) atoms. The molecule has 1 unspecified atom stereocenters. The van der Waals surface area contributed by atoms with E-state index in [1.54, 1.807) is 35.6 Å². The SMILES string of the molecule is COc1ncccc1CNC(=O)C1CCCN1C(=O)Cc1cccs1. The lowest BCUT2D eigenvalue weighted by Crippen LogP contribution is -2.46. The van der Waals surface area contributed by atoms with Gasteiger partial charge in [-0.05, 0) is 30.4 Å². The van der Waals surface area contributed by atoms with Crippen molar-refractivity contribution in [2.75, 3.05) is 13.7 Å². The van der Waals surface area contributed by atoms with E-state index in [1.807, 2.05) is 23.6 Å².